The first-order valence-electron chi connectivity index (χ1n) is 6.94. The summed E-state index contributed by atoms with van der Waals surface area (Å²) < 4.78 is 0. The third kappa shape index (κ3) is 3.25. The third-order valence-electron chi connectivity index (χ3n) is 4.59. The maximum Gasteiger partial charge on any atom is 0 e. The maximum atomic E-state index is 3.17. The predicted molar refractivity (Wildman–Crippen MR) is 76.9 cm³/mol. The summed E-state index contributed by atoms with van der Waals surface area (Å²) in [6, 6.07) is 0. The van der Waals surface area contributed by atoms with Gasteiger partial charge in [0.05, 0.1) is 0 Å². The molecule has 4 rings (SSSR count). The summed E-state index contributed by atoms with van der Waals surface area (Å²) in [7, 11) is 3.17. The van der Waals surface area contributed by atoms with Gasteiger partial charge in [-0.1, -0.05) is 26.7 Å². The van der Waals surface area contributed by atoms with Crippen molar-refractivity contribution in [3.8, 4) is 0 Å². The Morgan fingerprint density at radius 3 is 1.38 bits per heavy atom. The number of rotatable bonds is 1. The van der Waals surface area contributed by atoms with Crippen molar-refractivity contribution in [1.29, 1.82) is 0 Å². The molecule has 4 fully saturated rings. The summed E-state index contributed by atoms with van der Waals surface area (Å²) in [6.07, 6.45) is 12.0. The molecule has 1 unspecified atom stereocenters. The minimum absolute atomic E-state index is 0. The average molecular weight is 237 g/mol. The molecule has 0 amide bonds. The zero-order valence-electron chi connectivity index (χ0n) is 11.0. The molecule has 0 spiro atoms. The highest BCUT2D eigenvalue weighted by molar-refractivity contribution is 7.19. The molecule has 4 saturated carbocycles. The Hall–Kier alpha value is 0.495. The molecule has 3 radical (unpaired) electrons. The first-order chi connectivity index (χ1) is 7.15. The standard InChI is InChI=1S/C10H17P.C4H10.B/c11-10-4-7-1-8(5-10)3-9(2-7)6-10;1-3-4-2;/h7-9H,1-6,11H2;3-4H2,1-2H3;. The van der Waals surface area contributed by atoms with Crippen molar-refractivity contribution in [2.45, 2.75) is 70.4 Å². The molecule has 0 N–H and O–H groups in total. The van der Waals surface area contributed by atoms with Crippen LogP contribution in [0.5, 0.6) is 0 Å². The zero-order chi connectivity index (χ0) is 10.9. The second kappa shape index (κ2) is 5.90. The van der Waals surface area contributed by atoms with E-state index in [9.17, 15) is 0 Å². The Kier molecular flexibility index (Phi) is 5.37. The van der Waals surface area contributed by atoms with Gasteiger partial charge < -0.3 is 0 Å². The van der Waals surface area contributed by atoms with Gasteiger partial charge in [-0.05, 0) is 61.4 Å². The Balaban J connectivity index is 0.000000228. The molecular weight excluding hydrogens is 210 g/mol. The maximum absolute atomic E-state index is 3.17. The van der Waals surface area contributed by atoms with Gasteiger partial charge in [0.2, 0.25) is 0 Å². The molecule has 1 atom stereocenters. The van der Waals surface area contributed by atoms with Crippen LogP contribution in [0.4, 0.5) is 0 Å². The highest BCUT2D eigenvalue weighted by atomic mass is 31.0. The lowest BCUT2D eigenvalue weighted by Crippen LogP contribution is -2.46. The van der Waals surface area contributed by atoms with Crippen LogP contribution in [0.15, 0.2) is 0 Å². The van der Waals surface area contributed by atoms with Crippen LogP contribution in [0.2, 0.25) is 0 Å². The Morgan fingerprint density at radius 1 is 0.875 bits per heavy atom. The van der Waals surface area contributed by atoms with Gasteiger partial charge in [0.1, 0.15) is 0 Å². The summed E-state index contributed by atoms with van der Waals surface area (Å²) in [6.45, 7) is 4.36. The first kappa shape index (κ1) is 14.6. The van der Waals surface area contributed by atoms with Crippen LogP contribution < -0.4 is 0 Å². The van der Waals surface area contributed by atoms with Gasteiger partial charge >= 0.3 is 0 Å². The molecular formula is C14H27BP. The second-order valence-electron chi connectivity index (χ2n) is 6.28. The smallest absolute Gasteiger partial charge is 0 e. The van der Waals surface area contributed by atoms with Crippen LogP contribution >= 0.6 is 9.24 Å². The van der Waals surface area contributed by atoms with Crippen molar-refractivity contribution in [3.05, 3.63) is 0 Å². The summed E-state index contributed by atoms with van der Waals surface area (Å²) in [5.41, 5.74) is 0. The topological polar surface area (TPSA) is 0 Å². The van der Waals surface area contributed by atoms with Crippen molar-refractivity contribution < 1.29 is 0 Å². The van der Waals surface area contributed by atoms with Gasteiger partial charge in [-0.3, -0.25) is 0 Å². The molecule has 0 heterocycles. The lowest BCUT2D eigenvalue weighted by Gasteiger charge is -2.55. The van der Waals surface area contributed by atoms with Crippen LogP contribution in [0.25, 0.3) is 0 Å². The van der Waals surface area contributed by atoms with Crippen LogP contribution in [0, 0.1) is 17.8 Å². The van der Waals surface area contributed by atoms with E-state index in [-0.39, 0.29) is 8.41 Å². The van der Waals surface area contributed by atoms with E-state index in [4.69, 9.17) is 0 Å². The van der Waals surface area contributed by atoms with Gasteiger partial charge in [0.25, 0.3) is 0 Å². The largest absolute Gasteiger partial charge is 0.131 e. The molecule has 4 bridgehead atoms. The first-order valence-corrected chi connectivity index (χ1v) is 7.52. The van der Waals surface area contributed by atoms with Crippen LogP contribution in [-0.2, 0) is 0 Å². The van der Waals surface area contributed by atoms with E-state index in [1.807, 2.05) is 0 Å². The molecule has 0 aliphatic heterocycles. The van der Waals surface area contributed by atoms with Crippen molar-refractivity contribution in [1.82, 2.24) is 0 Å². The van der Waals surface area contributed by atoms with Crippen LogP contribution in [0.1, 0.15) is 65.2 Å². The van der Waals surface area contributed by atoms with Gasteiger partial charge in [-0.2, -0.15) is 0 Å². The quantitative estimate of drug-likeness (QED) is 0.472. The third-order valence-corrected chi connectivity index (χ3v) is 5.29. The summed E-state index contributed by atoms with van der Waals surface area (Å²) in [5, 5.41) is 0.717. The van der Waals surface area contributed by atoms with Gasteiger partial charge in [-0.25, -0.2) is 0 Å². The van der Waals surface area contributed by atoms with E-state index >= 15 is 0 Å². The highest BCUT2D eigenvalue weighted by Crippen LogP contribution is 2.59. The van der Waals surface area contributed by atoms with Gasteiger partial charge in [-0.15, -0.1) is 9.24 Å². The fourth-order valence-corrected chi connectivity index (χ4v) is 5.18. The fraction of sp³-hybridized carbons (Fsp3) is 1.00. The van der Waals surface area contributed by atoms with E-state index in [1.54, 1.807) is 19.3 Å². The predicted octanol–water partition coefficient (Wildman–Crippen LogP) is 4.26. The molecule has 4 aliphatic carbocycles. The molecule has 91 valence electrons. The van der Waals surface area contributed by atoms with Gasteiger partial charge in [0, 0.05) is 8.41 Å². The Morgan fingerprint density at radius 2 is 1.19 bits per heavy atom. The summed E-state index contributed by atoms with van der Waals surface area (Å²) >= 11 is 0. The van der Waals surface area contributed by atoms with E-state index in [2.05, 4.69) is 23.1 Å². The minimum atomic E-state index is 0. The lowest BCUT2D eigenvalue weighted by atomic mass is 9.56. The van der Waals surface area contributed by atoms with Crippen molar-refractivity contribution >= 4 is 17.7 Å². The molecule has 2 heteroatoms. The molecule has 0 aromatic rings. The molecule has 0 aromatic carbocycles. The molecule has 4 aliphatic rings. The molecule has 0 aromatic heterocycles. The number of unbranched alkanes of at least 4 members (excludes halogenated alkanes) is 1. The van der Waals surface area contributed by atoms with E-state index in [0.717, 1.165) is 22.9 Å². The SMILES string of the molecule is CCCC.PC12CC3CC(CC(C3)C1)C2.[B]. The molecule has 0 saturated heterocycles. The normalized spacial score (nSPS) is 43.3. The van der Waals surface area contributed by atoms with Crippen LogP contribution in [0.3, 0.4) is 0 Å². The number of hydrogen-bond donors (Lipinski definition) is 0. The molecule has 0 nitrogen and oxygen atoms in total. The van der Waals surface area contributed by atoms with E-state index < -0.39 is 0 Å². The van der Waals surface area contributed by atoms with Crippen molar-refractivity contribution in [2.24, 2.45) is 17.8 Å². The highest BCUT2D eigenvalue weighted by Gasteiger charge is 2.48. The lowest BCUT2D eigenvalue weighted by molar-refractivity contribution is 0.0379. The zero-order valence-corrected chi connectivity index (χ0v) is 12.2. The fourth-order valence-electron chi connectivity index (χ4n) is 4.18. The molecule has 16 heavy (non-hydrogen) atoms. The number of hydrogen-bond acceptors (Lipinski definition) is 0. The monoisotopic (exact) mass is 237 g/mol. The van der Waals surface area contributed by atoms with Crippen molar-refractivity contribution in [2.75, 3.05) is 0 Å². The average Bonchev–Trinajstić information content (AvgIpc) is 2.14. The van der Waals surface area contributed by atoms with E-state index in [0.29, 0.717) is 0 Å². The summed E-state index contributed by atoms with van der Waals surface area (Å²) in [5.74, 6) is 3.37. The van der Waals surface area contributed by atoms with Crippen molar-refractivity contribution in [3.63, 3.8) is 0 Å². The van der Waals surface area contributed by atoms with Gasteiger partial charge in [0.15, 0.2) is 0 Å². The van der Waals surface area contributed by atoms with E-state index in [1.165, 1.54) is 32.1 Å². The van der Waals surface area contributed by atoms with Crippen LogP contribution in [-0.4, -0.2) is 13.6 Å². The Labute approximate surface area is 106 Å². The minimum Gasteiger partial charge on any atom is -0.131 e. The summed E-state index contributed by atoms with van der Waals surface area (Å²) in [4.78, 5) is 0. The second-order valence-corrected chi connectivity index (χ2v) is 7.50. The Bertz CT molecular complexity index is 177.